The molecule has 0 amide bonds. The first-order chi connectivity index (χ1) is 11.8. The summed E-state index contributed by atoms with van der Waals surface area (Å²) in [4.78, 5) is 20.2. The second-order valence-electron chi connectivity index (χ2n) is 5.89. The van der Waals surface area contributed by atoms with Crippen molar-refractivity contribution in [1.82, 2.24) is 14.5 Å². The van der Waals surface area contributed by atoms with E-state index in [4.69, 9.17) is 0 Å². The number of ether oxygens (including phenoxy) is 1. The van der Waals surface area contributed by atoms with E-state index in [-0.39, 0.29) is 11.6 Å². The lowest BCUT2D eigenvalue weighted by Crippen LogP contribution is -2.25. The van der Waals surface area contributed by atoms with Crippen LogP contribution in [0.1, 0.15) is 33.3 Å². The molecule has 3 heterocycles. The van der Waals surface area contributed by atoms with Crippen molar-refractivity contribution in [2.45, 2.75) is 32.5 Å². The Balaban J connectivity index is 1.62. The lowest BCUT2D eigenvalue weighted by molar-refractivity contribution is -0.141. The van der Waals surface area contributed by atoms with Gasteiger partial charge in [0.15, 0.2) is 16.5 Å². The summed E-state index contributed by atoms with van der Waals surface area (Å²) < 4.78 is 44.5. The van der Waals surface area contributed by atoms with E-state index >= 15 is 0 Å². The number of aryl methyl sites for hydroxylation is 2. The highest BCUT2D eigenvalue weighted by Gasteiger charge is 2.35. The Bertz CT molecular complexity index is 784. The fourth-order valence-corrected chi connectivity index (χ4v) is 3.62. The summed E-state index contributed by atoms with van der Waals surface area (Å²) in [6, 6.07) is 0. The third-order valence-electron chi connectivity index (χ3n) is 4.10. The van der Waals surface area contributed by atoms with Gasteiger partial charge in [0.1, 0.15) is 5.82 Å². The van der Waals surface area contributed by atoms with E-state index in [1.165, 1.54) is 18.4 Å². The van der Waals surface area contributed by atoms with Gasteiger partial charge in [-0.25, -0.2) is 14.8 Å². The molecule has 0 aliphatic carbocycles. The second-order valence-corrected chi connectivity index (χ2v) is 7.10. The number of nitrogens with zero attached hydrogens (tertiary/aromatic N) is 3. The molecule has 10 heteroatoms. The Hall–Kier alpha value is -2.10. The summed E-state index contributed by atoms with van der Waals surface area (Å²) in [5.74, 6) is 0.150. The standard InChI is InChI=1S/C15H17F3N4O2S/c1-8-12(13(23)24-2)21-14(25-8)19-5-9-3-4-11-20-10(15(16,17)18)7-22(11)6-9/h7,9H,3-6H2,1-2H3,(H,19,21). The highest BCUT2D eigenvalue weighted by molar-refractivity contribution is 7.15. The summed E-state index contributed by atoms with van der Waals surface area (Å²) in [5.41, 5.74) is -0.556. The van der Waals surface area contributed by atoms with E-state index in [1.54, 1.807) is 11.5 Å². The predicted molar refractivity (Wildman–Crippen MR) is 85.7 cm³/mol. The normalized spacial score (nSPS) is 17.2. The first-order valence-electron chi connectivity index (χ1n) is 7.70. The summed E-state index contributed by atoms with van der Waals surface area (Å²) in [5, 5.41) is 3.77. The van der Waals surface area contributed by atoms with Crippen molar-refractivity contribution in [2.75, 3.05) is 19.0 Å². The van der Waals surface area contributed by atoms with E-state index in [0.717, 1.165) is 17.5 Å². The third kappa shape index (κ3) is 3.78. The first-order valence-corrected chi connectivity index (χ1v) is 8.52. The average molecular weight is 374 g/mol. The van der Waals surface area contributed by atoms with Gasteiger partial charge in [-0.2, -0.15) is 13.2 Å². The van der Waals surface area contributed by atoms with Crippen LogP contribution in [0.4, 0.5) is 18.3 Å². The minimum atomic E-state index is -4.42. The maximum Gasteiger partial charge on any atom is 0.434 e. The number of esters is 1. The highest BCUT2D eigenvalue weighted by atomic mass is 32.1. The Kier molecular flexibility index (Phi) is 4.72. The topological polar surface area (TPSA) is 69.0 Å². The fourth-order valence-electron chi connectivity index (χ4n) is 2.81. The molecule has 3 rings (SSSR count). The van der Waals surface area contributed by atoms with E-state index in [1.807, 2.05) is 0 Å². The van der Waals surface area contributed by atoms with E-state index in [2.05, 4.69) is 20.0 Å². The molecule has 1 N–H and O–H groups in total. The molecule has 0 bridgehead atoms. The molecule has 1 aliphatic heterocycles. The molecule has 0 radical (unpaired) electrons. The number of alkyl halides is 3. The number of anilines is 1. The summed E-state index contributed by atoms with van der Waals surface area (Å²) in [6.45, 7) is 2.82. The van der Waals surface area contributed by atoms with Crippen LogP contribution in [0.2, 0.25) is 0 Å². The smallest absolute Gasteiger partial charge is 0.434 e. The van der Waals surface area contributed by atoms with Gasteiger partial charge in [0.25, 0.3) is 0 Å². The number of carbonyl (C=O) groups is 1. The van der Waals surface area contributed by atoms with Crippen LogP contribution in [0.3, 0.4) is 0 Å². The van der Waals surface area contributed by atoms with Gasteiger partial charge in [-0.15, -0.1) is 11.3 Å². The number of carbonyl (C=O) groups excluding carboxylic acids is 1. The van der Waals surface area contributed by atoms with Crippen LogP contribution in [0.25, 0.3) is 0 Å². The van der Waals surface area contributed by atoms with E-state index < -0.39 is 17.8 Å². The number of rotatable bonds is 4. The SMILES string of the molecule is COC(=O)c1nc(NCC2CCc3nc(C(F)(F)F)cn3C2)sc1C. The molecule has 0 saturated heterocycles. The van der Waals surface area contributed by atoms with Crippen LogP contribution in [0.15, 0.2) is 6.20 Å². The number of thiazole rings is 1. The molecule has 0 saturated carbocycles. The van der Waals surface area contributed by atoms with Crippen LogP contribution in [0, 0.1) is 12.8 Å². The summed E-state index contributed by atoms with van der Waals surface area (Å²) in [7, 11) is 1.30. The zero-order valence-corrected chi connectivity index (χ0v) is 14.5. The van der Waals surface area contributed by atoms with Crippen molar-refractivity contribution in [3.8, 4) is 0 Å². The fraction of sp³-hybridized carbons (Fsp3) is 0.533. The number of nitrogens with one attached hydrogen (secondary N) is 1. The number of halogens is 3. The molecule has 136 valence electrons. The maximum absolute atomic E-state index is 12.7. The van der Waals surface area contributed by atoms with Crippen LogP contribution >= 0.6 is 11.3 Å². The lowest BCUT2D eigenvalue weighted by atomic mass is 9.99. The quantitative estimate of drug-likeness (QED) is 0.833. The van der Waals surface area contributed by atoms with Crippen LogP contribution in [-0.4, -0.2) is 34.2 Å². The third-order valence-corrected chi connectivity index (χ3v) is 5.03. The molecule has 0 fully saturated rings. The van der Waals surface area contributed by atoms with Crippen molar-refractivity contribution in [3.05, 3.63) is 28.3 Å². The van der Waals surface area contributed by atoms with Crippen molar-refractivity contribution >= 4 is 22.4 Å². The van der Waals surface area contributed by atoms with Gasteiger partial charge >= 0.3 is 12.1 Å². The van der Waals surface area contributed by atoms with Crippen molar-refractivity contribution < 1.29 is 22.7 Å². The van der Waals surface area contributed by atoms with Crippen molar-refractivity contribution in [1.29, 1.82) is 0 Å². The van der Waals surface area contributed by atoms with E-state index in [9.17, 15) is 18.0 Å². The number of methoxy groups -OCH3 is 1. The largest absolute Gasteiger partial charge is 0.464 e. The average Bonchev–Trinajstić information content (AvgIpc) is 3.14. The molecule has 1 aliphatic rings. The first kappa shape index (κ1) is 17.7. The molecule has 1 atom stereocenters. The van der Waals surface area contributed by atoms with Gasteiger partial charge in [-0.3, -0.25) is 0 Å². The van der Waals surface area contributed by atoms with Gasteiger partial charge in [-0.1, -0.05) is 0 Å². The number of hydrogen-bond acceptors (Lipinski definition) is 6. The zero-order chi connectivity index (χ0) is 18.2. The molecule has 25 heavy (non-hydrogen) atoms. The Labute approximate surface area is 146 Å². The number of hydrogen-bond donors (Lipinski definition) is 1. The molecule has 0 aromatic carbocycles. The molecule has 2 aromatic heterocycles. The Morgan fingerprint density at radius 2 is 2.24 bits per heavy atom. The Morgan fingerprint density at radius 1 is 1.48 bits per heavy atom. The maximum atomic E-state index is 12.7. The highest BCUT2D eigenvalue weighted by Crippen LogP contribution is 2.31. The molecule has 0 spiro atoms. The molecular weight excluding hydrogens is 357 g/mol. The second kappa shape index (κ2) is 6.66. The minimum absolute atomic E-state index is 0.161. The van der Waals surface area contributed by atoms with Gasteiger partial charge in [0, 0.05) is 30.6 Å². The van der Waals surface area contributed by atoms with Gasteiger partial charge in [0.05, 0.1) is 7.11 Å². The monoisotopic (exact) mass is 374 g/mol. The van der Waals surface area contributed by atoms with Crippen molar-refractivity contribution in [2.24, 2.45) is 5.92 Å². The van der Waals surface area contributed by atoms with E-state index in [0.29, 0.717) is 30.5 Å². The predicted octanol–water partition coefficient (Wildman–Crippen LogP) is 3.13. The minimum Gasteiger partial charge on any atom is -0.464 e. The molecule has 2 aromatic rings. The van der Waals surface area contributed by atoms with Gasteiger partial charge in [0.2, 0.25) is 0 Å². The van der Waals surface area contributed by atoms with Crippen LogP contribution < -0.4 is 5.32 Å². The Morgan fingerprint density at radius 3 is 2.92 bits per heavy atom. The van der Waals surface area contributed by atoms with Gasteiger partial charge in [-0.05, 0) is 19.3 Å². The number of aromatic nitrogens is 3. The summed E-state index contributed by atoms with van der Waals surface area (Å²) in [6.07, 6.45) is -2.09. The lowest BCUT2D eigenvalue weighted by Gasteiger charge is -2.23. The van der Waals surface area contributed by atoms with Gasteiger partial charge < -0.3 is 14.6 Å². The molecular formula is C15H17F3N4O2S. The van der Waals surface area contributed by atoms with Crippen molar-refractivity contribution in [3.63, 3.8) is 0 Å². The molecule has 1 unspecified atom stereocenters. The zero-order valence-electron chi connectivity index (χ0n) is 13.7. The van der Waals surface area contributed by atoms with Crippen LogP contribution in [-0.2, 0) is 23.9 Å². The van der Waals surface area contributed by atoms with Crippen LogP contribution in [0.5, 0.6) is 0 Å². The summed E-state index contributed by atoms with van der Waals surface area (Å²) >= 11 is 1.35. The number of imidazole rings is 1. The number of fused-ring (bicyclic) bond motifs is 1. The molecule has 6 nitrogen and oxygen atoms in total.